The maximum absolute atomic E-state index is 13.5. The molecule has 186 valence electrons. The average molecular weight is 495 g/mol. The summed E-state index contributed by atoms with van der Waals surface area (Å²) in [5, 5.41) is 14.1. The number of hydrogen-bond donors (Lipinski definition) is 1. The minimum Gasteiger partial charge on any atom is -0.363 e. The van der Waals surface area contributed by atoms with Crippen LogP contribution < -0.4 is 15.9 Å². The molecular weight excluding hydrogens is 469 g/mol. The third-order valence-corrected chi connectivity index (χ3v) is 7.56. The number of nitriles is 1. The first-order valence-electron chi connectivity index (χ1n) is 11.8. The number of benzene rings is 1. The van der Waals surface area contributed by atoms with E-state index in [2.05, 4.69) is 26.3 Å². The van der Waals surface area contributed by atoms with Gasteiger partial charge in [0.1, 0.15) is 29.0 Å². The molecule has 4 heterocycles. The molecule has 0 radical (unpaired) electrons. The van der Waals surface area contributed by atoms with Gasteiger partial charge in [0.25, 0.3) is 0 Å². The van der Waals surface area contributed by atoms with Crippen LogP contribution in [0, 0.1) is 25.2 Å². The molecule has 5 rings (SSSR count). The molecule has 3 aliphatic rings. The topological polar surface area (TPSA) is 85.1 Å². The van der Waals surface area contributed by atoms with Crippen LogP contribution in [0.2, 0.25) is 0 Å². The molecule has 36 heavy (non-hydrogen) atoms. The van der Waals surface area contributed by atoms with Crippen LogP contribution in [-0.4, -0.2) is 50.9 Å². The van der Waals surface area contributed by atoms with E-state index < -0.39 is 17.8 Å². The first-order chi connectivity index (χ1) is 17.1. The van der Waals surface area contributed by atoms with Crippen molar-refractivity contribution in [3.63, 3.8) is 0 Å². The van der Waals surface area contributed by atoms with E-state index in [9.17, 15) is 23.2 Å². The number of alkyl halides is 3. The van der Waals surface area contributed by atoms with Gasteiger partial charge in [-0.1, -0.05) is 12.1 Å². The number of hydrogen-bond acceptors (Lipinski definition) is 7. The first kappa shape index (κ1) is 24.0. The maximum Gasteiger partial charge on any atom is 0.416 e. The molecule has 2 aromatic rings. The highest BCUT2D eigenvalue weighted by Crippen LogP contribution is 2.41. The molecule has 1 aromatic carbocycles. The maximum atomic E-state index is 13.5. The van der Waals surface area contributed by atoms with Crippen LogP contribution in [0.15, 0.2) is 23.9 Å². The molecule has 0 amide bonds. The number of carbonyl (C=O) groups excluding carboxylic acids is 1. The van der Waals surface area contributed by atoms with Crippen molar-refractivity contribution < 1.29 is 18.0 Å². The molecule has 0 spiro atoms. The quantitative estimate of drug-likeness (QED) is 0.654. The van der Waals surface area contributed by atoms with Gasteiger partial charge in [-0.25, -0.2) is 14.8 Å². The van der Waals surface area contributed by atoms with Gasteiger partial charge in [-0.2, -0.15) is 18.4 Å². The van der Waals surface area contributed by atoms with Crippen LogP contribution in [0.1, 0.15) is 48.3 Å². The number of aromatic nitrogens is 2. The lowest BCUT2D eigenvalue weighted by Crippen LogP contribution is -2.51. The van der Waals surface area contributed by atoms with Gasteiger partial charge < -0.3 is 15.1 Å². The summed E-state index contributed by atoms with van der Waals surface area (Å²) in [6.45, 7) is 7.49. The van der Waals surface area contributed by atoms with E-state index in [1.165, 1.54) is 13.0 Å². The van der Waals surface area contributed by atoms with Gasteiger partial charge in [-0.15, -0.1) is 0 Å². The van der Waals surface area contributed by atoms with Crippen molar-refractivity contribution >= 4 is 23.5 Å². The van der Waals surface area contributed by atoms with Gasteiger partial charge in [0.2, 0.25) is 0 Å². The highest BCUT2D eigenvalue weighted by molar-refractivity contribution is 5.87. The van der Waals surface area contributed by atoms with Gasteiger partial charge >= 0.3 is 6.18 Å². The summed E-state index contributed by atoms with van der Waals surface area (Å²) in [5.74, 6) is 2.75. The minimum atomic E-state index is -4.46. The van der Waals surface area contributed by atoms with Crippen LogP contribution in [0.5, 0.6) is 0 Å². The Hall–Kier alpha value is -3.67. The SMILES string of the molecule is Cc1nc(N[C@H](C)c2cccc(C(F)(F)F)c2C)c2c(n1)=C(C#N)C(=C=O)N(C13CCN(CC1)C3)C=2. The van der Waals surface area contributed by atoms with E-state index >= 15 is 0 Å². The number of rotatable bonds is 4. The van der Waals surface area contributed by atoms with Crippen LogP contribution in [0.25, 0.3) is 11.8 Å². The Balaban J connectivity index is 1.65. The Morgan fingerprint density at radius 1 is 1.19 bits per heavy atom. The van der Waals surface area contributed by atoms with E-state index in [0.29, 0.717) is 27.8 Å². The molecule has 0 saturated carbocycles. The number of halogens is 3. The molecule has 7 nitrogen and oxygen atoms in total. The Bertz CT molecular complexity index is 1460. The fourth-order valence-corrected chi connectivity index (χ4v) is 5.74. The Morgan fingerprint density at radius 3 is 2.50 bits per heavy atom. The number of allylic oxidation sites excluding steroid dienone is 1. The Morgan fingerprint density at radius 2 is 1.92 bits per heavy atom. The molecule has 10 heteroatoms. The lowest BCUT2D eigenvalue weighted by atomic mass is 9.90. The lowest BCUT2D eigenvalue weighted by Gasteiger charge is -2.39. The van der Waals surface area contributed by atoms with E-state index in [4.69, 9.17) is 0 Å². The predicted molar refractivity (Wildman–Crippen MR) is 127 cm³/mol. The Labute approximate surface area is 206 Å². The van der Waals surface area contributed by atoms with Gasteiger partial charge in [-0.05, 0) is 50.8 Å². The second-order valence-electron chi connectivity index (χ2n) is 9.70. The molecule has 2 fully saturated rings. The van der Waals surface area contributed by atoms with Crippen molar-refractivity contribution in [3.8, 4) is 6.07 Å². The van der Waals surface area contributed by atoms with E-state index in [1.54, 1.807) is 26.1 Å². The second-order valence-corrected chi connectivity index (χ2v) is 9.70. The first-order valence-corrected chi connectivity index (χ1v) is 11.8. The van der Waals surface area contributed by atoms with Crippen molar-refractivity contribution in [2.24, 2.45) is 0 Å². The zero-order valence-electron chi connectivity index (χ0n) is 20.2. The standard InChI is InChI=1S/C26H25F3N6O/c1-15-18(5-4-6-21(15)26(27,28)29)16(2)31-24-20-12-35(25-7-9-34(14-25)10-8-25)22(13-36)19(11-30)23(20)32-17(3)33-24/h4-6,12,16H,7-10,14H2,1-3H3,(H,31,32,33)/t16-/m1/s1. The normalized spacial score (nSPS) is 23.6. The number of aryl methyl sites for hydroxylation is 1. The minimum absolute atomic E-state index is 0.124. The molecule has 3 aliphatic heterocycles. The van der Waals surface area contributed by atoms with Crippen molar-refractivity contribution in [2.75, 3.05) is 25.0 Å². The van der Waals surface area contributed by atoms with E-state index in [1.807, 2.05) is 10.8 Å². The monoisotopic (exact) mass is 494 g/mol. The second kappa shape index (κ2) is 8.47. The summed E-state index contributed by atoms with van der Waals surface area (Å²) >= 11 is 0. The van der Waals surface area contributed by atoms with E-state index in [-0.39, 0.29) is 22.4 Å². The van der Waals surface area contributed by atoms with E-state index in [0.717, 1.165) is 38.5 Å². The highest BCUT2D eigenvalue weighted by Gasteiger charge is 2.49. The molecule has 2 bridgehead atoms. The summed E-state index contributed by atoms with van der Waals surface area (Å²) in [6, 6.07) is 5.74. The van der Waals surface area contributed by atoms with Gasteiger partial charge in [-0.3, -0.25) is 0 Å². The zero-order chi connectivity index (χ0) is 25.8. The number of anilines is 1. The molecule has 1 atom stereocenters. The summed E-state index contributed by atoms with van der Waals surface area (Å²) in [7, 11) is 0. The molecule has 1 N–H and O–H groups in total. The van der Waals surface area contributed by atoms with Crippen LogP contribution >= 0.6 is 0 Å². The average Bonchev–Trinajstić information content (AvgIpc) is 3.44. The smallest absolute Gasteiger partial charge is 0.363 e. The number of fused-ring (bicyclic) bond motifs is 3. The third-order valence-electron chi connectivity index (χ3n) is 7.56. The number of nitrogens with zero attached hydrogens (tertiary/aromatic N) is 5. The van der Waals surface area contributed by atoms with Crippen LogP contribution in [-0.2, 0) is 11.0 Å². The lowest BCUT2D eigenvalue weighted by molar-refractivity contribution is -0.138. The van der Waals surface area contributed by atoms with Gasteiger partial charge in [0, 0.05) is 25.8 Å². The summed E-state index contributed by atoms with van der Waals surface area (Å²) in [4.78, 5) is 25.3. The fraction of sp³-hybridized carbons (Fsp3) is 0.423. The molecule has 0 aliphatic carbocycles. The summed E-state index contributed by atoms with van der Waals surface area (Å²) < 4.78 is 40.5. The fourth-order valence-electron chi connectivity index (χ4n) is 5.74. The van der Waals surface area contributed by atoms with Crippen LogP contribution in [0.4, 0.5) is 19.0 Å². The molecular formula is C26H25F3N6O. The highest BCUT2D eigenvalue weighted by atomic mass is 19.4. The van der Waals surface area contributed by atoms with Crippen molar-refractivity contribution in [2.45, 2.75) is 51.4 Å². The molecule has 1 aromatic heterocycles. The van der Waals surface area contributed by atoms with Crippen molar-refractivity contribution in [3.05, 3.63) is 57.0 Å². The number of nitrogens with one attached hydrogen (secondary N) is 1. The molecule has 0 unspecified atom stereocenters. The molecule has 2 saturated heterocycles. The summed E-state index contributed by atoms with van der Waals surface area (Å²) in [5.41, 5.74) is -0.0850. The number of piperidine rings is 1. The van der Waals surface area contributed by atoms with Gasteiger partial charge in [0.05, 0.1) is 27.7 Å². The van der Waals surface area contributed by atoms with Crippen LogP contribution in [0.3, 0.4) is 0 Å². The van der Waals surface area contributed by atoms with Crippen molar-refractivity contribution in [1.82, 2.24) is 19.8 Å². The predicted octanol–water partition coefficient (Wildman–Crippen LogP) is 2.58. The van der Waals surface area contributed by atoms with Gasteiger partial charge in [0.15, 0.2) is 5.94 Å². The zero-order valence-corrected chi connectivity index (χ0v) is 20.2. The largest absolute Gasteiger partial charge is 0.416 e. The third kappa shape index (κ3) is 3.76. The summed E-state index contributed by atoms with van der Waals surface area (Å²) in [6.07, 6.45) is -0.961. The Kier molecular flexibility index (Phi) is 5.66. The van der Waals surface area contributed by atoms with Crippen molar-refractivity contribution in [1.29, 1.82) is 5.26 Å².